The SMILES string of the molecule is Cc1c(Cc2ccccc2)c(=O)oc2cc(OCC(=O)NCCCCCC(=O)N3CCC4(O)CCCCC4C3)ccc12. The first-order valence-corrected chi connectivity index (χ1v) is 15.3. The molecule has 2 unspecified atom stereocenters. The monoisotopic (exact) mass is 574 g/mol. The summed E-state index contributed by atoms with van der Waals surface area (Å²) in [5.74, 6) is 0.625. The van der Waals surface area contributed by atoms with E-state index in [0.717, 1.165) is 61.5 Å². The lowest BCUT2D eigenvalue weighted by Gasteiger charge is -2.47. The van der Waals surface area contributed by atoms with Crippen molar-refractivity contribution in [1.82, 2.24) is 10.2 Å². The Morgan fingerprint density at radius 2 is 1.93 bits per heavy atom. The highest BCUT2D eigenvalue weighted by Crippen LogP contribution is 2.40. The number of rotatable bonds is 11. The number of aryl methyl sites for hydroxylation is 1. The quantitative estimate of drug-likeness (QED) is 0.249. The Bertz CT molecular complexity index is 1450. The molecular formula is C34H42N2O6. The lowest BCUT2D eigenvalue weighted by Crippen LogP contribution is -2.54. The number of fused-ring (bicyclic) bond motifs is 2. The molecular weight excluding hydrogens is 532 g/mol. The summed E-state index contributed by atoms with van der Waals surface area (Å²) in [6.07, 6.45) is 8.23. The molecule has 2 heterocycles. The van der Waals surface area contributed by atoms with Gasteiger partial charge in [-0.15, -0.1) is 0 Å². The number of likely N-dealkylation sites (tertiary alicyclic amines) is 1. The minimum Gasteiger partial charge on any atom is -0.484 e. The second-order valence-electron chi connectivity index (χ2n) is 11.9. The number of nitrogens with zero attached hydrogens (tertiary/aromatic N) is 1. The van der Waals surface area contributed by atoms with Crippen LogP contribution >= 0.6 is 0 Å². The number of hydrogen-bond acceptors (Lipinski definition) is 6. The van der Waals surface area contributed by atoms with Crippen LogP contribution in [0.4, 0.5) is 0 Å². The van der Waals surface area contributed by atoms with Gasteiger partial charge in [0.1, 0.15) is 11.3 Å². The summed E-state index contributed by atoms with van der Waals surface area (Å²) in [5, 5.41) is 14.5. The van der Waals surface area contributed by atoms with E-state index in [1.54, 1.807) is 12.1 Å². The van der Waals surface area contributed by atoms with E-state index in [1.165, 1.54) is 0 Å². The van der Waals surface area contributed by atoms with Gasteiger partial charge in [-0.05, 0) is 62.3 Å². The molecule has 2 atom stereocenters. The molecule has 5 rings (SSSR count). The van der Waals surface area contributed by atoms with Crippen LogP contribution < -0.4 is 15.7 Å². The fourth-order valence-electron chi connectivity index (χ4n) is 6.43. The number of hydrogen-bond donors (Lipinski definition) is 2. The van der Waals surface area contributed by atoms with Gasteiger partial charge in [-0.2, -0.15) is 0 Å². The third-order valence-electron chi connectivity index (χ3n) is 9.02. The molecule has 3 aromatic rings. The summed E-state index contributed by atoms with van der Waals surface area (Å²) in [6.45, 7) is 3.64. The lowest BCUT2D eigenvalue weighted by atomic mass is 9.71. The number of nitrogens with one attached hydrogen (secondary N) is 1. The molecule has 224 valence electrons. The van der Waals surface area contributed by atoms with E-state index >= 15 is 0 Å². The predicted molar refractivity (Wildman–Crippen MR) is 162 cm³/mol. The highest BCUT2D eigenvalue weighted by molar-refractivity contribution is 5.83. The van der Waals surface area contributed by atoms with Crippen LogP contribution in [0, 0.1) is 12.8 Å². The molecule has 42 heavy (non-hydrogen) atoms. The van der Waals surface area contributed by atoms with E-state index in [4.69, 9.17) is 9.15 Å². The molecule has 1 aliphatic carbocycles. The maximum atomic E-state index is 12.7. The maximum absolute atomic E-state index is 12.7. The molecule has 1 aliphatic heterocycles. The van der Waals surface area contributed by atoms with Gasteiger partial charge in [0.2, 0.25) is 5.91 Å². The van der Waals surface area contributed by atoms with Gasteiger partial charge in [0.05, 0.1) is 5.60 Å². The second-order valence-corrected chi connectivity index (χ2v) is 11.9. The third kappa shape index (κ3) is 7.21. The van der Waals surface area contributed by atoms with Crippen molar-refractivity contribution in [3.63, 3.8) is 0 Å². The van der Waals surface area contributed by atoms with Crippen LogP contribution in [-0.4, -0.2) is 53.7 Å². The van der Waals surface area contributed by atoms with E-state index in [-0.39, 0.29) is 30.0 Å². The number of unbranched alkanes of at least 4 members (excludes halogenated alkanes) is 2. The fraction of sp³-hybridized carbons (Fsp3) is 0.500. The van der Waals surface area contributed by atoms with E-state index in [1.807, 2.05) is 48.2 Å². The van der Waals surface area contributed by atoms with Gasteiger partial charge in [-0.1, -0.05) is 49.6 Å². The Kier molecular flexibility index (Phi) is 9.62. The van der Waals surface area contributed by atoms with E-state index in [0.29, 0.717) is 55.8 Å². The zero-order valence-electron chi connectivity index (χ0n) is 24.5. The average Bonchev–Trinajstić information content (AvgIpc) is 2.99. The summed E-state index contributed by atoms with van der Waals surface area (Å²) in [6, 6.07) is 15.1. The van der Waals surface area contributed by atoms with Crippen LogP contribution in [0.1, 0.15) is 74.5 Å². The molecule has 1 saturated heterocycles. The first-order chi connectivity index (χ1) is 20.3. The van der Waals surface area contributed by atoms with Crippen LogP contribution in [0.5, 0.6) is 5.75 Å². The van der Waals surface area contributed by atoms with Crippen molar-refractivity contribution >= 4 is 22.8 Å². The molecule has 0 radical (unpaired) electrons. The van der Waals surface area contributed by atoms with Gasteiger partial charge in [-0.25, -0.2) is 4.79 Å². The second kappa shape index (κ2) is 13.6. The summed E-state index contributed by atoms with van der Waals surface area (Å²) < 4.78 is 11.3. The number of aliphatic hydroxyl groups is 1. The van der Waals surface area contributed by atoms with Crippen LogP contribution in [-0.2, 0) is 16.0 Å². The van der Waals surface area contributed by atoms with Crippen molar-refractivity contribution in [1.29, 1.82) is 0 Å². The van der Waals surface area contributed by atoms with Crippen molar-refractivity contribution in [3.8, 4) is 5.75 Å². The number of carbonyl (C=O) groups excluding carboxylic acids is 2. The minimum atomic E-state index is -0.563. The van der Waals surface area contributed by atoms with Gasteiger partial charge < -0.3 is 24.5 Å². The van der Waals surface area contributed by atoms with Crippen molar-refractivity contribution in [2.75, 3.05) is 26.2 Å². The summed E-state index contributed by atoms with van der Waals surface area (Å²) >= 11 is 0. The molecule has 0 bridgehead atoms. The lowest BCUT2D eigenvalue weighted by molar-refractivity contribution is -0.143. The number of benzene rings is 2. The summed E-state index contributed by atoms with van der Waals surface area (Å²) in [7, 11) is 0. The standard InChI is InChI=1S/C34H42N2O6/c1-24-28-15-14-27(21-30(28)42-33(39)29(24)20-25-10-4-2-5-11-25)41-23-31(37)35-18-9-3-6-13-32(38)36-19-17-34(40)16-8-7-12-26(34)22-36/h2,4-5,10-11,14-15,21,26,40H,3,6-9,12-13,16-20,22-23H2,1H3,(H,35,37). The van der Waals surface area contributed by atoms with Crippen LogP contribution in [0.15, 0.2) is 57.7 Å². The Labute approximate surface area is 247 Å². The normalized spacial score (nSPS) is 20.2. The van der Waals surface area contributed by atoms with Gasteiger partial charge in [-0.3, -0.25) is 9.59 Å². The molecule has 2 N–H and O–H groups in total. The zero-order chi connectivity index (χ0) is 29.5. The third-order valence-corrected chi connectivity index (χ3v) is 9.02. The predicted octanol–water partition coefficient (Wildman–Crippen LogP) is 4.90. The number of ether oxygens (including phenoxy) is 1. The first kappa shape index (κ1) is 29.8. The van der Waals surface area contributed by atoms with Crippen LogP contribution in [0.3, 0.4) is 0 Å². The van der Waals surface area contributed by atoms with Crippen LogP contribution in [0.2, 0.25) is 0 Å². The topological polar surface area (TPSA) is 109 Å². The molecule has 8 heteroatoms. The smallest absolute Gasteiger partial charge is 0.340 e. The number of carbonyl (C=O) groups is 2. The van der Waals surface area contributed by atoms with E-state index in [9.17, 15) is 19.5 Å². The van der Waals surface area contributed by atoms with E-state index < -0.39 is 5.60 Å². The Hall–Kier alpha value is -3.65. The fourth-order valence-corrected chi connectivity index (χ4v) is 6.43. The Balaban J connectivity index is 1.01. The maximum Gasteiger partial charge on any atom is 0.340 e. The van der Waals surface area contributed by atoms with Crippen molar-refractivity contribution in [2.24, 2.45) is 5.92 Å². The number of amides is 2. The van der Waals surface area contributed by atoms with Crippen molar-refractivity contribution < 1.29 is 23.8 Å². The van der Waals surface area contributed by atoms with Crippen LogP contribution in [0.25, 0.3) is 11.0 Å². The highest BCUT2D eigenvalue weighted by atomic mass is 16.5. The molecule has 2 aromatic carbocycles. The highest BCUT2D eigenvalue weighted by Gasteiger charge is 2.43. The first-order valence-electron chi connectivity index (χ1n) is 15.3. The molecule has 2 amide bonds. The van der Waals surface area contributed by atoms with Crippen molar-refractivity contribution in [2.45, 2.75) is 76.7 Å². The van der Waals surface area contributed by atoms with Gasteiger partial charge in [0, 0.05) is 55.4 Å². The van der Waals surface area contributed by atoms with Gasteiger partial charge in [0.15, 0.2) is 6.61 Å². The largest absolute Gasteiger partial charge is 0.484 e. The van der Waals surface area contributed by atoms with Gasteiger partial charge in [0.25, 0.3) is 5.91 Å². The van der Waals surface area contributed by atoms with E-state index in [2.05, 4.69) is 5.32 Å². The minimum absolute atomic E-state index is 0.137. The zero-order valence-corrected chi connectivity index (χ0v) is 24.5. The Morgan fingerprint density at radius 3 is 2.76 bits per heavy atom. The molecule has 8 nitrogen and oxygen atoms in total. The average molecular weight is 575 g/mol. The van der Waals surface area contributed by atoms with Gasteiger partial charge >= 0.3 is 5.63 Å². The molecule has 1 saturated carbocycles. The number of piperidine rings is 1. The summed E-state index contributed by atoms with van der Waals surface area (Å²) in [4.78, 5) is 39.6. The summed E-state index contributed by atoms with van der Waals surface area (Å²) in [5.41, 5.74) is 2.06. The molecule has 1 aromatic heterocycles. The molecule has 0 spiro atoms. The molecule has 2 aliphatic rings. The molecule has 2 fully saturated rings. The Morgan fingerprint density at radius 1 is 1.10 bits per heavy atom. The van der Waals surface area contributed by atoms with Crippen molar-refractivity contribution in [3.05, 3.63) is 75.6 Å².